The van der Waals surface area contributed by atoms with Crippen molar-refractivity contribution in [3.63, 3.8) is 0 Å². The van der Waals surface area contributed by atoms with Crippen LogP contribution in [-0.2, 0) is 0 Å². The number of hydrogen-bond acceptors (Lipinski definition) is 5. The Balaban J connectivity index is 1.55. The van der Waals surface area contributed by atoms with Crippen LogP contribution in [0.3, 0.4) is 0 Å². The van der Waals surface area contributed by atoms with Crippen LogP contribution in [0.15, 0.2) is 60.1 Å². The highest BCUT2D eigenvalue weighted by Crippen LogP contribution is 2.46. The minimum absolute atomic E-state index is 0.282. The van der Waals surface area contributed by atoms with Gasteiger partial charge in [0.2, 0.25) is 0 Å². The molecule has 2 aliphatic rings. The van der Waals surface area contributed by atoms with Crippen molar-refractivity contribution in [2.75, 3.05) is 11.4 Å². The van der Waals surface area contributed by atoms with Gasteiger partial charge in [-0.1, -0.05) is 36.4 Å². The standard InChI is InChI=1S/C24H22N4S/c1-2-7-16(8-3-1)18-15-29-24-21(18)23(26-22(27-24)17-11-12-17)28-14-6-10-20(28)19-9-4-5-13-25-19/h1-5,7-9,13,15,17,20H,6,10-12,14H2. The van der Waals surface area contributed by atoms with Gasteiger partial charge in [-0.05, 0) is 43.4 Å². The quantitative estimate of drug-likeness (QED) is 0.424. The van der Waals surface area contributed by atoms with E-state index in [1.165, 1.54) is 29.4 Å². The number of thiophene rings is 1. The van der Waals surface area contributed by atoms with Crippen molar-refractivity contribution in [2.45, 2.75) is 37.6 Å². The van der Waals surface area contributed by atoms with E-state index in [0.717, 1.165) is 41.6 Å². The van der Waals surface area contributed by atoms with E-state index in [0.29, 0.717) is 5.92 Å². The number of anilines is 1. The molecule has 144 valence electrons. The Labute approximate surface area is 174 Å². The third-order valence-electron chi connectivity index (χ3n) is 6.01. The van der Waals surface area contributed by atoms with Crippen LogP contribution in [-0.4, -0.2) is 21.5 Å². The Hall–Kier alpha value is -2.79. The van der Waals surface area contributed by atoms with E-state index in [1.807, 2.05) is 12.3 Å². The van der Waals surface area contributed by atoms with E-state index in [4.69, 9.17) is 9.97 Å². The van der Waals surface area contributed by atoms with Gasteiger partial charge in [0.05, 0.1) is 17.1 Å². The number of benzene rings is 1. The molecule has 1 saturated heterocycles. The van der Waals surface area contributed by atoms with E-state index in [2.05, 4.69) is 57.7 Å². The molecule has 4 aromatic rings. The Morgan fingerprint density at radius 3 is 2.59 bits per heavy atom. The van der Waals surface area contributed by atoms with Gasteiger partial charge < -0.3 is 4.90 Å². The summed E-state index contributed by atoms with van der Waals surface area (Å²) >= 11 is 1.74. The van der Waals surface area contributed by atoms with Crippen molar-refractivity contribution in [1.82, 2.24) is 15.0 Å². The topological polar surface area (TPSA) is 41.9 Å². The highest BCUT2D eigenvalue weighted by atomic mass is 32.1. The first-order valence-electron chi connectivity index (χ1n) is 10.4. The van der Waals surface area contributed by atoms with Crippen molar-refractivity contribution in [3.8, 4) is 11.1 Å². The molecular formula is C24H22N4S. The Morgan fingerprint density at radius 1 is 0.931 bits per heavy atom. The van der Waals surface area contributed by atoms with Gasteiger partial charge in [0, 0.05) is 29.6 Å². The first-order valence-corrected chi connectivity index (χ1v) is 11.3. The van der Waals surface area contributed by atoms with Crippen molar-refractivity contribution >= 4 is 27.4 Å². The summed E-state index contributed by atoms with van der Waals surface area (Å²) in [7, 11) is 0. The Bertz CT molecular complexity index is 1150. The fourth-order valence-corrected chi connectivity index (χ4v) is 5.35. The summed E-state index contributed by atoms with van der Waals surface area (Å²) in [6.45, 7) is 1.02. The average molecular weight is 399 g/mol. The molecule has 29 heavy (non-hydrogen) atoms. The molecule has 2 fully saturated rings. The minimum Gasteiger partial charge on any atom is -0.347 e. The molecule has 6 rings (SSSR count). The predicted octanol–water partition coefficient (Wildman–Crippen LogP) is 5.97. The van der Waals surface area contributed by atoms with Crippen LogP contribution in [0.25, 0.3) is 21.3 Å². The van der Waals surface area contributed by atoms with Crippen molar-refractivity contribution in [3.05, 3.63) is 71.6 Å². The third-order valence-corrected chi connectivity index (χ3v) is 6.89. The fourth-order valence-electron chi connectivity index (χ4n) is 4.40. The maximum atomic E-state index is 5.17. The zero-order chi connectivity index (χ0) is 19.2. The molecule has 5 heteroatoms. The lowest BCUT2D eigenvalue weighted by molar-refractivity contribution is 0.687. The normalized spacial score (nSPS) is 19.2. The molecule has 1 atom stereocenters. The maximum Gasteiger partial charge on any atom is 0.142 e. The smallest absolute Gasteiger partial charge is 0.142 e. The summed E-state index contributed by atoms with van der Waals surface area (Å²) in [4.78, 5) is 18.4. The summed E-state index contributed by atoms with van der Waals surface area (Å²) in [5, 5.41) is 3.45. The molecule has 0 N–H and O–H groups in total. The molecule has 0 bridgehead atoms. The molecule has 1 saturated carbocycles. The Kier molecular flexibility index (Phi) is 4.08. The predicted molar refractivity (Wildman–Crippen MR) is 118 cm³/mol. The highest BCUT2D eigenvalue weighted by Gasteiger charge is 2.33. The van der Waals surface area contributed by atoms with Gasteiger partial charge in [-0.3, -0.25) is 4.98 Å². The van der Waals surface area contributed by atoms with Gasteiger partial charge in [0.25, 0.3) is 0 Å². The molecular weight excluding hydrogens is 376 g/mol. The lowest BCUT2D eigenvalue weighted by Gasteiger charge is -2.26. The van der Waals surface area contributed by atoms with Crippen LogP contribution in [0.1, 0.15) is 49.2 Å². The van der Waals surface area contributed by atoms with Crippen LogP contribution >= 0.6 is 11.3 Å². The minimum atomic E-state index is 0.282. The highest BCUT2D eigenvalue weighted by molar-refractivity contribution is 7.17. The molecule has 1 aliphatic heterocycles. The lowest BCUT2D eigenvalue weighted by atomic mass is 10.1. The molecule has 0 amide bonds. The van der Waals surface area contributed by atoms with Crippen LogP contribution in [0.2, 0.25) is 0 Å². The first-order chi connectivity index (χ1) is 14.4. The zero-order valence-corrected chi connectivity index (χ0v) is 17.0. The zero-order valence-electron chi connectivity index (χ0n) is 16.2. The number of fused-ring (bicyclic) bond motifs is 1. The molecule has 4 nitrogen and oxygen atoms in total. The van der Waals surface area contributed by atoms with Crippen LogP contribution < -0.4 is 4.90 Å². The van der Waals surface area contributed by atoms with Crippen LogP contribution in [0.5, 0.6) is 0 Å². The summed E-state index contributed by atoms with van der Waals surface area (Å²) in [6.07, 6.45) is 6.61. The monoisotopic (exact) mass is 398 g/mol. The second-order valence-corrected chi connectivity index (χ2v) is 8.84. The number of pyridine rings is 1. The van der Waals surface area contributed by atoms with E-state index in [-0.39, 0.29) is 6.04 Å². The van der Waals surface area contributed by atoms with Gasteiger partial charge in [-0.2, -0.15) is 0 Å². The number of aromatic nitrogens is 3. The number of nitrogens with zero attached hydrogens (tertiary/aromatic N) is 4. The van der Waals surface area contributed by atoms with Gasteiger partial charge in [0.15, 0.2) is 0 Å². The summed E-state index contributed by atoms with van der Waals surface area (Å²) in [5.74, 6) is 2.67. The summed E-state index contributed by atoms with van der Waals surface area (Å²) in [5.41, 5.74) is 3.62. The van der Waals surface area contributed by atoms with E-state index in [9.17, 15) is 0 Å². The summed E-state index contributed by atoms with van der Waals surface area (Å²) < 4.78 is 0. The molecule has 1 unspecified atom stereocenters. The van der Waals surface area contributed by atoms with Gasteiger partial charge >= 0.3 is 0 Å². The number of hydrogen-bond donors (Lipinski definition) is 0. The van der Waals surface area contributed by atoms with Crippen LogP contribution in [0.4, 0.5) is 5.82 Å². The largest absolute Gasteiger partial charge is 0.347 e. The fraction of sp³-hybridized carbons (Fsp3) is 0.292. The van der Waals surface area contributed by atoms with Crippen molar-refractivity contribution in [2.24, 2.45) is 0 Å². The summed E-state index contributed by atoms with van der Waals surface area (Å²) in [6, 6.07) is 17.1. The molecule has 3 aromatic heterocycles. The van der Waals surface area contributed by atoms with Crippen LogP contribution in [0, 0.1) is 0 Å². The molecule has 1 aliphatic carbocycles. The van der Waals surface area contributed by atoms with E-state index in [1.54, 1.807) is 11.3 Å². The maximum absolute atomic E-state index is 5.17. The second kappa shape index (κ2) is 6.92. The van der Waals surface area contributed by atoms with E-state index >= 15 is 0 Å². The molecule has 0 radical (unpaired) electrons. The van der Waals surface area contributed by atoms with Gasteiger partial charge in [-0.25, -0.2) is 9.97 Å². The molecule has 4 heterocycles. The lowest BCUT2D eigenvalue weighted by Crippen LogP contribution is -2.25. The second-order valence-electron chi connectivity index (χ2n) is 7.98. The van der Waals surface area contributed by atoms with E-state index < -0.39 is 0 Å². The van der Waals surface area contributed by atoms with Gasteiger partial charge in [-0.15, -0.1) is 11.3 Å². The Morgan fingerprint density at radius 2 is 1.79 bits per heavy atom. The van der Waals surface area contributed by atoms with Gasteiger partial charge in [0.1, 0.15) is 16.5 Å². The van der Waals surface area contributed by atoms with Crippen molar-refractivity contribution in [1.29, 1.82) is 0 Å². The van der Waals surface area contributed by atoms with Crippen molar-refractivity contribution < 1.29 is 0 Å². The SMILES string of the molecule is c1ccc(-c2csc3nc(C4CC4)nc(N4CCCC4c4ccccn4)c23)cc1. The number of rotatable bonds is 4. The molecule has 1 aromatic carbocycles. The average Bonchev–Trinajstić information content (AvgIpc) is 3.36. The molecule has 0 spiro atoms. The first kappa shape index (κ1) is 17.1. The third kappa shape index (κ3) is 3.01.